The summed E-state index contributed by atoms with van der Waals surface area (Å²) in [6.45, 7) is 0. The zero-order chi connectivity index (χ0) is 13.0. The summed E-state index contributed by atoms with van der Waals surface area (Å²) >= 11 is 0. The summed E-state index contributed by atoms with van der Waals surface area (Å²) in [5.74, 6) is -1.51. The minimum absolute atomic E-state index is 0.117. The molecule has 0 fully saturated rings. The Balaban J connectivity index is 2.00. The molecule has 0 unspecified atom stereocenters. The Morgan fingerprint density at radius 3 is 2.78 bits per heavy atom. The number of nitrogens with one attached hydrogen (secondary N) is 1. The van der Waals surface area contributed by atoms with E-state index in [4.69, 9.17) is 4.84 Å². The SMILES string of the molecule is O=S(=O)(CON1N=C(F)C=[C]N1)c1ccccc1. The van der Waals surface area contributed by atoms with Gasteiger partial charge in [-0.05, 0) is 12.1 Å². The van der Waals surface area contributed by atoms with Crippen LogP contribution in [0.2, 0.25) is 0 Å². The van der Waals surface area contributed by atoms with E-state index in [9.17, 15) is 12.8 Å². The number of allylic oxidation sites excluding steroid dienone is 1. The third-order valence-electron chi connectivity index (χ3n) is 1.97. The molecule has 18 heavy (non-hydrogen) atoms. The van der Waals surface area contributed by atoms with Gasteiger partial charge in [0.05, 0.1) is 11.1 Å². The molecule has 1 aromatic carbocycles. The van der Waals surface area contributed by atoms with E-state index in [0.29, 0.717) is 5.28 Å². The van der Waals surface area contributed by atoms with Crippen LogP contribution in [-0.4, -0.2) is 25.6 Å². The number of rotatable bonds is 4. The highest BCUT2D eigenvalue weighted by Crippen LogP contribution is 2.11. The van der Waals surface area contributed by atoms with E-state index in [-0.39, 0.29) is 4.90 Å². The summed E-state index contributed by atoms with van der Waals surface area (Å²) in [4.78, 5) is 4.91. The number of benzene rings is 1. The van der Waals surface area contributed by atoms with Crippen molar-refractivity contribution >= 4 is 15.8 Å². The number of hydrogen-bond acceptors (Lipinski definition) is 6. The van der Waals surface area contributed by atoms with E-state index in [1.807, 2.05) is 0 Å². The lowest BCUT2D eigenvalue weighted by Crippen LogP contribution is -2.34. The molecule has 0 saturated carbocycles. The van der Waals surface area contributed by atoms with Gasteiger partial charge in [0.25, 0.3) is 0 Å². The van der Waals surface area contributed by atoms with E-state index >= 15 is 0 Å². The second-order valence-corrected chi connectivity index (χ2v) is 5.21. The lowest BCUT2D eigenvalue weighted by atomic mass is 10.4. The van der Waals surface area contributed by atoms with Crippen LogP contribution in [0, 0.1) is 6.20 Å². The molecule has 0 saturated heterocycles. The van der Waals surface area contributed by atoms with Gasteiger partial charge in [0.1, 0.15) is 0 Å². The fourth-order valence-electron chi connectivity index (χ4n) is 1.16. The van der Waals surface area contributed by atoms with Crippen LogP contribution in [0.1, 0.15) is 0 Å². The van der Waals surface area contributed by atoms with Gasteiger partial charge in [0.15, 0.2) is 5.94 Å². The van der Waals surface area contributed by atoms with Gasteiger partial charge in [-0.25, -0.2) is 13.3 Å². The molecular formula is C10H9FN3O3S. The van der Waals surface area contributed by atoms with Crippen LogP contribution < -0.4 is 5.43 Å². The van der Waals surface area contributed by atoms with Crippen LogP contribution >= 0.6 is 0 Å². The first kappa shape index (κ1) is 12.5. The highest BCUT2D eigenvalue weighted by Gasteiger charge is 2.17. The topological polar surface area (TPSA) is 71.0 Å². The molecule has 0 spiro atoms. The molecule has 1 heterocycles. The van der Waals surface area contributed by atoms with Gasteiger partial charge >= 0.3 is 0 Å². The van der Waals surface area contributed by atoms with Crippen molar-refractivity contribution in [2.45, 2.75) is 4.90 Å². The van der Waals surface area contributed by atoms with Gasteiger partial charge in [-0.3, -0.25) is 5.43 Å². The third-order valence-corrected chi connectivity index (χ3v) is 3.38. The molecule has 0 atom stereocenters. The van der Waals surface area contributed by atoms with E-state index in [1.165, 1.54) is 12.1 Å². The molecule has 1 N–H and O–H groups in total. The van der Waals surface area contributed by atoms with Gasteiger partial charge in [-0.1, -0.05) is 28.6 Å². The summed E-state index contributed by atoms with van der Waals surface area (Å²) in [7, 11) is -3.61. The Morgan fingerprint density at radius 2 is 2.11 bits per heavy atom. The maximum atomic E-state index is 12.7. The number of nitrogens with zero attached hydrogens (tertiary/aromatic N) is 2. The normalized spacial score (nSPS) is 15.2. The summed E-state index contributed by atoms with van der Waals surface area (Å²) in [5.41, 5.74) is 2.29. The van der Waals surface area contributed by atoms with Crippen LogP contribution in [0.5, 0.6) is 0 Å². The van der Waals surface area contributed by atoms with E-state index in [0.717, 1.165) is 6.08 Å². The molecule has 8 heteroatoms. The van der Waals surface area contributed by atoms with Crippen molar-refractivity contribution in [3.05, 3.63) is 42.6 Å². The minimum Gasteiger partial charge on any atom is -0.255 e. The molecule has 1 radical (unpaired) electrons. The second kappa shape index (κ2) is 5.15. The van der Waals surface area contributed by atoms with Crippen LogP contribution in [0.25, 0.3) is 0 Å². The molecule has 0 aliphatic carbocycles. The first-order valence-electron chi connectivity index (χ1n) is 4.87. The second-order valence-electron chi connectivity index (χ2n) is 3.27. The standard InChI is InChI=1S/C10H9FN3O3S/c11-10-6-7-12-14(13-10)17-8-18(15,16)9-4-2-1-3-5-9/h1-6,12H,8H2. The Bertz CT molecular complexity index is 571. The van der Waals surface area contributed by atoms with Gasteiger partial charge in [-0.2, -0.15) is 4.39 Å². The molecule has 1 aliphatic rings. The number of hydrazine groups is 1. The lowest BCUT2D eigenvalue weighted by molar-refractivity contribution is -0.173. The quantitative estimate of drug-likeness (QED) is 0.875. The molecular weight excluding hydrogens is 261 g/mol. The summed E-state index contributed by atoms with van der Waals surface area (Å²) in [5, 5.41) is 3.84. The molecule has 95 valence electrons. The fraction of sp³-hybridized carbons (Fsp3) is 0.100. The summed E-state index contributed by atoms with van der Waals surface area (Å²) < 4.78 is 36.3. The van der Waals surface area contributed by atoms with Crippen LogP contribution in [-0.2, 0) is 14.7 Å². The average Bonchev–Trinajstić information content (AvgIpc) is 2.38. The molecule has 1 aromatic rings. The Labute approximate surface area is 103 Å². The van der Waals surface area contributed by atoms with E-state index in [2.05, 4.69) is 16.7 Å². The highest BCUT2D eigenvalue weighted by atomic mass is 32.2. The lowest BCUT2D eigenvalue weighted by Gasteiger charge is -2.18. The Morgan fingerprint density at radius 1 is 1.39 bits per heavy atom. The minimum atomic E-state index is -3.61. The van der Waals surface area contributed by atoms with E-state index in [1.54, 1.807) is 18.2 Å². The van der Waals surface area contributed by atoms with E-state index < -0.39 is 21.7 Å². The van der Waals surface area contributed by atoms with Crippen molar-refractivity contribution in [3.63, 3.8) is 0 Å². The Kier molecular flexibility index (Phi) is 3.58. The zero-order valence-corrected chi connectivity index (χ0v) is 9.89. The molecule has 6 nitrogen and oxygen atoms in total. The molecule has 0 aromatic heterocycles. The zero-order valence-electron chi connectivity index (χ0n) is 9.08. The highest BCUT2D eigenvalue weighted by molar-refractivity contribution is 7.91. The fourth-order valence-corrected chi connectivity index (χ4v) is 2.11. The predicted molar refractivity (Wildman–Crippen MR) is 60.9 cm³/mol. The smallest absolute Gasteiger partial charge is 0.237 e. The molecule has 0 bridgehead atoms. The first-order valence-corrected chi connectivity index (χ1v) is 6.52. The van der Waals surface area contributed by atoms with Crippen molar-refractivity contribution < 1.29 is 17.6 Å². The molecule has 2 rings (SSSR count). The number of hydrogen-bond donors (Lipinski definition) is 1. The van der Waals surface area contributed by atoms with Gasteiger partial charge < -0.3 is 0 Å². The van der Waals surface area contributed by atoms with Gasteiger partial charge in [0.2, 0.25) is 15.8 Å². The van der Waals surface area contributed by atoms with Crippen molar-refractivity contribution in [2.24, 2.45) is 5.10 Å². The van der Waals surface area contributed by atoms with Crippen molar-refractivity contribution in [2.75, 3.05) is 5.94 Å². The number of sulfone groups is 1. The van der Waals surface area contributed by atoms with Crippen LogP contribution in [0.15, 0.2) is 46.4 Å². The molecule has 1 aliphatic heterocycles. The maximum Gasteiger partial charge on any atom is 0.237 e. The average molecular weight is 270 g/mol. The predicted octanol–water partition coefficient (Wildman–Crippen LogP) is 0.769. The van der Waals surface area contributed by atoms with Crippen LogP contribution in [0.3, 0.4) is 0 Å². The van der Waals surface area contributed by atoms with Crippen LogP contribution in [0.4, 0.5) is 4.39 Å². The van der Waals surface area contributed by atoms with Gasteiger partial charge in [-0.15, -0.1) is 0 Å². The number of hydrazone groups is 1. The summed E-state index contributed by atoms with van der Waals surface area (Å²) in [6.07, 6.45) is 3.24. The summed E-state index contributed by atoms with van der Waals surface area (Å²) in [6, 6.07) is 7.78. The Hall–Kier alpha value is -1.93. The largest absolute Gasteiger partial charge is 0.255 e. The van der Waals surface area contributed by atoms with Crippen molar-refractivity contribution in [1.82, 2.24) is 10.7 Å². The maximum absolute atomic E-state index is 12.7. The molecule has 0 amide bonds. The van der Waals surface area contributed by atoms with Crippen molar-refractivity contribution in [1.29, 1.82) is 0 Å². The third kappa shape index (κ3) is 3.05. The first-order chi connectivity index (χ1) is 8.58. The number of halogens is 1. The monoisotopic (exact) mass is 270 g/mol. The van der Waals surface area contributed by atoms with Gasteiger partial charge in [0, 0.05) is 6.08 Å². The van der Waals surface area contributed by atoms with Crippen molar-refractivity contribution in [3.8, 4) is 0 Å².